The third kappa shape index (κ3) is 3.74. The third-order valence-electron chi connectivity index (χ3n) is 2.69. The highest BCUT2D eigenvalue weighted by Gasteiger charge is 2.18. The first-order valence-electron chi connectivity index (χ1n) is 5.97. The molecular weight excluding hydrogens is 364 g/mol. The normalized spacial score (nSPS) is 12.4. The van der Waals surface area contributed by atoms with E-state index >= 15 is 0 Å². The summed E-state index contributed by atoms with van der Waals surface area (Å²) >= 11 is 10.7. The van der Waals surface area contributed by atoms with Crippen molar-refractivity contribution in [2.45, 2.75) is 6.10 Å². The molecule has 6 heteroatoms. The molecule has 0 aliphatic heterocycles. The van der Waals surface area contributed by atoms with Gasteiger partial charge in [0.1, 0.15) is 22.8 Å². The lowest BCUT2D eigenvalue weighted by Gasteiger charge is -2.15. The van der Waals surface area contributed by atoms with E-state index in [2.05, 4.69) is 15.9 Å². The van der Waals surface area contributed by atoms with Crippen LogP contribution in [0, 0.1) is 0 Å². The first kappa shape index (κ1) is 15.8. The Morgan fingerprint density at radius 3 is 2.75 bits per heavy atom. The Kier molecular flexibility index (Phi) is 5.86. The average Bonchev–Trinajstić information content (AvgIpc) is 2.79. The lowest BCUT2D eigenvalue weighted by molar-refractivity contribution is 0.142. The van der Waals surface area contributed by atoms with Gasteiger partial charge in [-0.15, -0.1) is 11.3 Å². The fourth-order valence-corrected chi connectivity index (χ4v) is 3.47. The fraction of sp³-hybridized carbons (Fsp3) is 0.286. The zero-order chi connectivity index (χ0) is 14.5. The molecule has 0 bridgehead atoms. The molecule has 108 valence electrons. The maximum atomic E-state index is 10.5. The molecule has 3 nitrogen and oxygen atoms in total. The van der Waals surface area contributed by atoms with Crippen molar-refractivity contribution in [1.29, 1.82) is 0 Å². The van der Waals surface area contributed by atoms with Gasteiger partial charge in [0.05, 0.1) is 6.61 Å². The molecule has 1 atom stereocenters. The molecule has 0 aliphatic rings. The predicted molar refractivity (Wildman–Crippen MR) is 84.9 cm³/mol. The van der Waals surface area contributed by atoms with Crippen molar-refractivity contribution in [2.24, 2.45) is 0 Å². The fourth-order valence-electron chi connectivity index (χ4n) is 1.72. The van der Waals surface area contributed by atoms with E-state index in [4.69, 9.17) is 21.1 Å². The molecule has 0 aliphatic carbocycles. The van der Waals surface area contributed by atoms with Gasteiger partial charge in [0, 0.05) is 22.0 Å². The minimum absolute atomic E-state index is 0.440. The molecule has 1 unspecified atom stereocenters. The lowest BCUT2D eigenvalue weighted by Crippen LogP contribution is -2.07. The van der Waals surface area contributed by atoms with E-state index in [0.29, 0.717) is 28.9 Å². The molecule has 0 spiro atoms. The van der Waals surface area contributed by atoms with Crippen LogP contribution in [0.2, 0.25) is 4.34 Å². The first-order chi connectivity index (χ1) is 9.63. The van der Waals surface area contributed by atoms with Gasteiger partial charge < -0.3 is 14.6 Å². The quantitative estimate of drug-likeness (QED) is 0.764. The third-order valence-corrected chi connectivity index (χ3v) is 5.22. The summed E-state index contributed by atoms with van der Waals surface area (Å²) in [5, 5.41) is 10.5. The van der Waals surface area contributed by atoms with E-state index in [-0.39, 0.29) is 0 Å². The summed E-state index contributed by atoms with van der Waals surface area (Å²) in [5.74, 6) is 0.651. The molecule has 1 aromatic carbocycles. The number of hydrogen-bond acceptors (Lipinski definition) is 4. The molecule has 2 aromatic rings. The Hall–Kier alpha value is -0.590. The van der Waals surface area contributed by atoms with Crippen LogP contribution in [-0.4, -0.2) is 25.4 Å². The standard InChI is InChI=1S/C14H14BrClO3S/c1-18-6-7-19-11-5-3-2-4-9(11)13(17)12-8-10(15)14(16)20-12/h2-5,8,13,17H,6-7H2,1H3. The van der Waals surface area contributed by atoms with Crippen molar-refractivity contribution < 1.29 is 14.6 Å². The van der Waals surface area contributed by atoms with Gasteiger partial charge in [0.2, 0.25) is 0 Å². The van der Waals surface area contributed by atoms with Crippen LogP contribution in [0.5, 0.6) is 5.75 Å². The number of methoxy groups -OCH3 is 1. The second kappa shape index (κ2) is 7.43. The second-order valence-electron chi connectivity index (χ2n) is 4.05. The first-order valence-corrected chi connectivity index (χ1v) is 7.95. The maximum Gasteiger partial charge on any atom is 0.125 e. The molecule has 1 N–H and O–H groups in total. The van der Waals surface area contributed by atoms with Gasteiger partial charge in [-0.3, -0.25) is 0 Å². The number of para-hydroxylation sites is 1. The van der Waals surface area contributed by atoms with Crippen molar-refractivity contribution in [1.82, 2.24) is 0 Å². The smallest absolute Gasteiger partial charge is 0.125 e. The Bertz CT molecular complexity index is 554. The number of hydrogen-bond donors (Lipinski definition) is 1. The van der Waals surface area contributed by atoms with Gasteiger partial charge in [-0.05, 0) is 28.1 Å². The number of benzene rings is 1. The van der Waals surface area contributed by atoms with Crippen LogP contribution in [0.15, 0.2) is 34.8 Å². The number of rotatable bonds is 6. The van der Waals surface area contributed by atoms with Crippen LogP contribution < -0.4 is 4.74 Å². The largest absolute Gasteiger partial charge is 0.491 e. The van der Waals surface area contributed by atoms with Crippen molar-refractivity contribution in [2.75, 3.05) is 20.3 Å². The summed E-state index contributed by atoms with van der Waals surface area (Å²) in [6, 6.07) is 9.23. The van der Waals surface area contributed by atoms with Crippen LogP contribution in [0.1, 0.15) is 16.5 Å². The van der Waals surface area contributed by atoms with Gasteiger partial charge in [-0.2, -0.15) is 0 Å². The maximum absolute atomic E-state index is 10.5. The topological polar surface area (TPSA) is 38.7 Å². The highest BCUT2D eigenvalue weighted by molar-refractivity contribution is 9.10. The zero-order valence-corrected chi connectivity index (χ0v) is 14.0. The van der Waals surface area contributed by atoms with Gasteiger partial charge >= 0.3 is 0 Å². The number of ether oxygens (including phenoxy) is 2. The van der Waals surface area contributed by atoms with E-state index < -0.39 is 6.10 Å². The van der Waals surface area contributed by atoms with E-state index in [1.54, 1.807) is 7.11 Å². The van der Waals surface area contributed by atoms with Crippen molar-refractivity contribution in [3.05, 3.63) is 49.6 Å². The summed E-state index contributed by atoms with van der Waals surface area (Å²) in [7, 11) is 1.62. The Labute approximate surface area is 135 Å². The summed E-state index contributed by atoms with van der Waals surface area (Å²) in [6.07, 6.45) is -0.762. The van der Waals surface area contributed by atoms with Gasteiger partial charge in [-0.25, -0.2) is 0 Å². The van der Waals surface area contributed by atoms with E-state index in [1.165, 1.54) is 11.3 Å². The molecule has 0 saturated carbocycles. The molecule has 0 amide bonds. The molecule has 0 fully saturated rings. The summed E-state index contributed by atoms with van der Waals surface area (Å²) in [5.41, 5.74) is 0.717. The molecule has 20 heavy (non-hydrogen) atoms. The average molecular weight is 378 g/mol. The van der Waals surface area contributed by atoms with Crippen molar-refractivity contribution in [3.63, 3.8) is 0 Å². The Morgan fingerprint density at radius 2 is 2.10 bits per heavy atom. The van der Waals surface area contributed by atoms with Crippen LogP contribution in [0.25, 0.3) is 0 Å². The SMILES string of the molecule is COCCOc1ccccc1C(O)c1cc(Br)c(Cl)s1. The molecule has 2 rings (SSSR count). The lowest BCUT2D eigenvalue weighted by atomic mass is 10.1. The number of thiophene rings is 1. The number of aliphatic hydroxyl groups excluding tert-OH is 1. The summed E-state index contributed by atoms with van der Waals surface area (Å²) in [4.78, 5) is 0.768. The van der Waals surface area contributed by atoms with Crippen LogP contribution in [0.4, 0.5) is 0 Å². The van der Waals surface area contributed by atoms with E-state index in [1.807, 2.05) is 30.3 Å². The monoisotopic (exact) mass is 376 g/mol. The van der Waals surface area contributed by atoms with Crippen molar-refractivity contribution >= 4 is 38.9 Å². The number of aliphatic hydroxyl groups is 1. The van der Waals surface area contributed by atoms with Gasteiger partial charge in [0.25, 0.3) is 0 Å². The molecule has 1 heterocycles. The highest BCUT2D eigenvalue weighted by atomic mass is 79.9. The predicted octanol–water partition coefficient (Wildman–Crippen LogP) is 4.27. The molecule has 0 radical (unpaired) electrons. The highest BCUT2D eigenvalue weighted by Crippen LogP contribution is 2.39. The second-order valence-corrected chi connectivity index (χ2v) is 6.59. The zero-order valence-electron chi connectivity index (χ0n) is 10.8. The molecule has 1 aromatic heterocycles. The van der Waals surface area contributed by atoms with Crippen molar-refractivity contribution in [3.8, 4) is 5.75 Å². The summed E-state index contributed by atoms with van der Waals surface area (Å²) < 4.78 is 12.0. The minimum Gasteiger partial charge on any atom is -0.491 e. The minimum atomic E-state index is -0.762. The number of halogens is 2. The van der Waals surface area contributed by atoms with Crippen LogP contribution in [-0.2, 0) is 4.74 Å². The van der Waals surface area contributed by atoms with Gasteiger partial charge in [0.15, 0.2) is 0 Å². The molecular formula is C14H14BrClO3S. The summed E-state index contributed by atoms with van der Waals surface area (Å²) in [6.45, 7) is 0.940. The van der Waals surface area contributed by atoms with Crippen LogP contribution in [0.3, 0.4) is 0 Å². The van der Waals surface area contributed by atoms with Gasteiger partial charge in [-0.1, -0.05) is 29.8 Å². The van der Waals surface area contributed by atoms with Crippen LogP contribution >= 0.6 is 38.9 Å². The van der Waals surface area contributed by atoms with E-state index in [0.717, 1.165) is 9.35 Å². The molecule has 0 saturated heterocycles. The Morgan fingerprint density at radius 1 is 1.35 bits per heavy atom. The Balaban J connectivity index is 2.22. The van der Waals surface area contributed by atoms with E-state index in [9.17, 15) is 5.11 Å².